The van der Waals surface area contributed by atoms with Crippen LogP contribution in [0.1, 0.15) is 27.5 Å². The average Bonchev–Trinajstić information content (AvgIpc) is 2.85. The van der Waals surface area contributed by atoms with E-state index in [1.54, 1.807) is 6.20 Å². The van der Waals surface area contributed by atoms with Crippen LogP contribution in [0.2, 0.25) is 0 Å². The first-order valence-corrected chi connectivity index (χ1v) is 9.58. The topological polar surface area (TPSA) is 66.5 Å². The van der Waals surface area contributed by atoms with Gasteiger partial charge >= 0.3 is 0 Å². The van der Waals surface area contributed by atoms with E-state index in [-0.39, 0.29) is 5.25 Å². The summed E-state index contributed by atoms with van der Waals surface area (Å²) >= 11 is 1.90. The zero-order valence-electron chi connectivity index (χ0n) is 14.7. The minimum atomic E-state index is 0.151. The molecule has 0 saturated carbocycles. The summed E-state index contributed by atoms with van der Waals surface area (Å²) in [6.07, 6.45) is 1.80. The second-order valence-corrected chi connectivity index (χ2v) is 7.52. The molecule has 26 heavy (non-hydrogen) atoms. The van der Waals surface area contributed by atoms with E-state index in [2.05, 4.69) is 29.4 Å². The zero-order chi connectivity index (χ0) is 18.1. The molecule has 1 unspecified atom stereocenters. The van der Waals surface area contributed by atoms with Gasteiger partial charge in [-0.2, -0.15) is 10.4 Å². The van der Waals surface area contributed by atoms with Gasteiger partial charge in [0.05, 0.1) is 22.6 Å². The van der Waals surface area contributed by atoms with Crippen LogP contribution < -0.4 is 5.32 Å². The van der Waals surface area contributed by atoms with Crippen molar-refractivity contribution in [2.75, 3.05) is 17.6 Å². The van der Waals surface area contributed by atoms with Crippen molar-refractivity contribution in [2.24, 2.45) is 7.05 Å². The highest BCUT2D eigenvalue weighted by atomic mass is 32.2. The summed E-state index contributed by atoms with van der Waals surface area (Å²) in [5, 5.41) is 17.6. The predicted molar refractivity (Wildman–Crippen MR) is 105 cm³/mol. The van der Waals surface area contributed by atoms with E-state index in [4.69, 9.17) is 5.10 Å². The molecule has 1 N–H and O–H groups in total. The van der Waals surface area contributed by atoms with E-state index in [1.807, 2.05) is 53.8 Å². The lowest BCUT2D eigenvalue weighted by Gasteiger charge is -2.18. The quantitative estimate of drug-likeness (QED) is 0.749. The number of hydrogen-bond acceptors (Lipinski definition) is 5. The largest absolute Gasteiger partial charge is 0.369 e. The van der Waals surface area contributed by atoms with Crippen LogP contribution >= 0.6 is 11.8 Å². The number of fused-ring (bicyclic) bond motifs is 1. The van der Waals surface area contributed by atoms with Crippen LogP contribution in [0.4, 0.5) is 5.82 Å². The minimum Gasteiger partial charge on any atom is -0.369 e. The van der Waals surface area contributed by atoms with Gasteiger partial charge in [0.25, 0.3) is 0 Å². The van der Waals surface area contributed by atoms with Gasteiger partial charge in [-0.15, -0.1) is 11.8 Å². The van der Waals surface area contributed by atoms with Crippen molar-refractivity contribution in [1.29, 1.82) is 5.26 Å². The second kappa shape index (κ2) is 6.85. The molecule has 130 valence electrons. The molecule has 0 bridgehead atoms. The van der Waals surface area contributed by atoms with E-state index < -0.39 is 0 Å². The summed E-state index contributed by atoms with van der Waals surface area (Å²) in [6.45, 7) is 2.97. The molecular weight excluding hydrogens is 342 g/mol. The predicted octanol–water partition coefficient (Wildman–Crippen LogP) is 3.91. The molecule has 4 rings (SSSR count). The molecule has 3 heterocycles. The number of aromatic nitrogens is 3. The molecule has 1 aliphatic rings. The van der Waals surface area contributed by atoms with Crippen molar-refractivity contribution in [2.45, 2.75) is 12.2 Å². The Kier molecular flexibility index (Phi) is 4.39. The molecule has 0 aliphatic carbocycles. The fraction of sp³-hybridized carbons (Fsp3) is 0.250. The molecule has 0 saturated heterocycles. The number of aryl methyl sites for hydroxylation is 2. The average molecular weight is 361 g/mol. The third kappa shape index (κ3) is 2.85. The van der Waals surface area contributed by atoms with Crippen molar-refractivity contribution < 1.29 is 0 Å². The Hall–Kier alpha value is -2.78. The summed E-state index contributed by atoms with van der Waals surface area (Å²) in [7, 11) is 1.97. The van der Waals surface area contributed by atoms with E-state index in [9.17, 15) is 5.26 Å². The van der Waals surface area contributed by atoms with E-state index in [0.717, 1.165) is 35.1 Å². The van der Waals surface area contributed by atoms with Crippen LogP contribution in [0, 0.1) is 18.3 Å². The van der Waals surface area contributed by atoms with Crippen molar-refractivity contribution in [3.8, 4) is 17.5 Å². The Morgan fingerprint density at radius 3 is 2.92 bits per heavy atom. The van der Waals surface area contributed by atoms with Crippen molar-refractivity contribution in [3.05, 3.63) is 64.8 Å². The standard InChI is InChI=1S/C20H19N5S/c1-13-11-14(12-21)6-7-15(13)19-17-18(16-5-3-4-8-22-16)24-25(2)20(17)23-9-10-26-19/h3-8,11,19,23H,9-10H2,1-2H3. The third-order valence-electron chi connectivity index (χ3n) is 4.61. The van der Waals surface area contributed by atoms with Gasteiger partial charge in [-0.1, -0.05) is 12.1 Å². The van der Waals surface area contributed by atoms with Crippen molar-refractivity contribution in [1.82, 2.24) is 14.8 Å². The summed E-state index contributed by atoms with van der Waals surface area (Å²) in [5.74, 6) is 2.05. The summed E-state index contributed by atoms with van der Waals surface area (Å²) in [6, 6.07) is 14.1. The van der Waals surface area contributed by atoms with E-state index in [0.29, 0.717) is 5.56 Å². The van der Waals surface area contributed by atoms with Gasteiger partial charge in [-0.3, -0.25) is 9.67 Å². The van der Waals surface area contributed by atoms with Gasteiger partial charge in [-0.25, -0.2) is 0 Å². The fourth-order valence-electron chi connectivity index (χ4n) is 3.40. The lowest BCUT2D eigenvalue weighted by atomic mass is 9.97. The monoisotopic (exact) mass is 361 g/mol. The Morgan fingerprint density at radius 1 is 1.31 bits per heavy atom. The smallest absolute Gasteiger partial charge is 0.129 e. The molecule has 6 heteroatoms. The number of hydrogen-bond donors (Lipinski definition) is 1. The summed E-state index contributed by atoms with van der Waals surface area (Å²) in [4.78, 5) is 4.52. The fourth-order valence-corrected chi connectivity index (χ4v) is 4.69. The van der Waals surface area contributed by atoms with Crippen LogP contribution in [0.25, 0.3) is 11.4 Å². The Morgan fingerprint density at radius 2 is 2.19 bits per heavy atom. The highest BCUT2D eigenvalue weighted by Gasteiger charge is 2.30. The number of nitrogens with one attached hydrogen (secondary N) is 1. The van der Waals surface area contributed by atoms with Crippen LogP contribution in [0.3, 0.4) is 0 Å². The van der Waals surface area contributed by atoms with Crippen LogP contribution in [-0.4, -0.2) is 27.1 Å². The zero-order valence-corrected chi connectivity index (χ0v) is 15.5. The molecule has 1 atom stereocenters. The first-order valence-electron chi connectivity index (χ1n) is 8.53. The first-order chi connectivity index (χ1) is 12.7. The van der Waals surface area contributed by atoms with Gasteiger partial charge in [0.2, 0.25) is 0 Å². The summed E-state index contributed by atoms with van der Waals surface area (Å²) in [5.41, 5.74) is 6.01. The molecule has 0 fully saturated rings. The molecule has 5 nitrogen and oxygen atoms in total. The number of nitriles is 1. The number of anilines is 1. The third-order valence-corrected chi connectivity index (χ3v) is 5.88. The van der Waals surface area contributed by atoms with Crippen LogP contribution in [-0.2, 0) is 7.05 Å². The van der Waals surface area contributed by atoms with Gasteiger partial charge in [0, 0.05) is 31.1 Å². The number of thioether (sulfide) groups is 1. The number of benzene rings is 1. The molecule has 3 aromatic rings. The molecule has 0 radical (unpaired) electrons. The molecular formula is C20H19N5S. The first kappa shape index (κ1) is 16.7. The molecule has 0 amide bonds. The van der Waals surface area contributed by atoms with Gasteiger partial charge in [-0.05, 0) is 42.3 Å². The maximum Gasteiger partial charge on any atom is 0.129 e. The second-order valence-electron chi connectivity index (χ2n) is 6.31. The van der Waals surface area contributed by atoms with Gasteiger partial charge < -0.3 is 5.32 Å². The van der Waals surface area contributed by atoms with E-state index in [1.165, 1.54) is 11.1 Å². The van der Waals surface area contributed by atoms with Crippen LogP contribution in [0.15, 0.2) is 42.6 Å². The summed E-state index contributed by atoms with van der Waals surface area (Å²) < 4.78 is 1.91. The lowest BCUT2D eigenvalue weighted by molar-refractivity contribution is 0.773. The highest BCUT2D eigenvalue weighted by Crippen LogP contribution is 2.46. The van der Waals surface area contributed by atoms with Crippen molar-refractivity contribution in [3.63, 3.8) is 0 Å². The number of rotatable bonds is 2. The number of nitrogens with zero attached hydrogens (tertiary/aromatic N) is 4. The molecule has 0 spiro atoms. The Bertz CT molecular complexity index is 987. The highest BCUT2D eigenvalue weighted by molar-refractivity contribution is 7.99. The van der Waals surface area contributed by atoms with Gasteiger partial charge in [0.1, 0.15) is 11.5 Å². The normalized spacial score (nSPS) is 16.3. The molecule has 1 aromatic carbocycles. The van der Waals surface area contributed by atoms with Crippen LogP contribution in [0.5, 0.6) is 0 Å². The maximum absolute atomic E-state index is 9.18. The molecule has 1 aliphatic heterocycles. The van der Waals surface area contributed by atoms with Crippen molar-refractivity contribution >= 4 is 17.6 Å². The minimum absolute atomic E-state index is 0.151. The SMILES string of the molecule is Cc1cc(C#N)ccc1C1SCCNc2c1c(-c1ccccn1)nn2C. The molecule has 2 aromatic heterocycles. The maximum atomic E-state index is 9.18. The Balaban J connectivity index is 1.91. The number of pyridine rings is 1. The van der Waals surface area contributed by atoms with E-state index >= 15 is 0 Å². The lowest BCUT2D eigenvalue weighted by Crippen LogP contribution is -2.06. The van der Waals surface area contributed by atoms with Gasteiger partial charge in [0.15, 0.2) is 0 Å². The Labute approximate surface area is 157 Å².